The number of halogens is 3. The van der Waals surface area contributed by atoms with Gasteiger partial charge in [0.2, 0.25) is 5.82 Å². The molecule has 3 rings (SSSR count). The zero-order chi connectivity index (χ0) is 22.2. The van der Waals surface area contributed by atoms with Crippen LogP contribution in [0.3, 0.4) is 0 Å². The molecule has 1 aromatic carbocycles. The molecule has 2 N–H and O–H groups in total. The lowest BCUT2D eigenvalue weighted by Gasteiger charge is -2.14. The summed E-state index contributed by atoms with van der Waals surface area (Å²) in [5.41, 5.74) is 6.75. The van der Waals surface area contributed by atoms with Crippen LogP contribution in [-0.2, 0) is 17.5 Å². The second-order valence-electron chi connectivity index (χ2n) is 7.26. The first-order valence-corrected chi connectivity index (χ1v) is 9.30. The summed E-state index contributed by atoms with van der Waals surface area (Å²) >= 11 is 0. The third-order valence-corrected chi connectivity index (χ3v) is 4.77. The molecular formula is C20H22F3N5O2. The average Bonchev–Trinajstić information content (AvgIpc) is 3.17. The van der Waals surface area contributed by atoms with Gasteiger partial charge in [-0.15, -0.1) is 0 Å². The van der Waals surface area contributed by atoms with Gasteiger partial charge in [-0.2, -0.15) is 13.2 Å². The highest BCUT2D eigenvalue weighted by atomic mass is 19.4. The molecule has 0 aliphatic heterocycles. The maximum Gasteiger partial charge on any atom is 0.449 e. The molecule has 2 heterocycles. The van der Waals surface area contributed by atoms with Crippen LogP contribution in [0.5, 0.6) is 0 Å². The van der Waals surface area contributed by atoms with Crippen molar-refractivity contribution in [1.29, 1.82) is 0 Å². The largest absolute Gasteiger partial charge is 0.449 e. The van der Waals surface area contributed by atoms with Gasteiger partial charge in [-0.25, -0.2) is 4.98 Å². The fourth-order valence-corrected chi connectivity index (χ4v) is 3.63. The van der Waals surface area contributed by atoms with Crippen LogP contribution in [0.4, 0.5) is 13.2 Å². The van der Waals surface area contributed by atoms with Gasteiger partial charge in [0.25, 0.3) is 11.8 Å². The van der Waals surface area contributed by atoms with Crippen molar-refractivity contribution in [2.24, 2.45) is 0 Å². The molecular weight excluding hydrogens is 399 g/mol. The van der Waals surface area contributed by atoms with Crippen LogP contribution in [0.2, 0.25) is 0 Å². The summed E-state index contributed by atoms with van der Waals surface area (Å²) in [6, 6.07) is 7.85. The number of nitrogens with one attached hydrogen (secondary N) is 2. The summed E-state index contributed by atoms with van der Waals surface area (Å²) in [7, 11) is 0. The number of imidazole rings is 1. The Kier molecular flexibility index (Phi) is 5.60. The molecule has 0 saturated carbocycles. The summed E-state index contributed by atoms with van der Waals surface area (Å²) in [5, 5.41) is 0. The normalized spacial score (nSPS) is 11.9. The molecule has 2 aromatic heterocycles. The first kappa shape index (κ1) is 21.4. The molecule has 0 saturated heterocycles. The van der Waals surface area contributed by atoms with Crippen LogP contribution in [-0.4, -0.2) is 25.9 Å². The second-order valence-corrected chi connectivity index (χ2v) is 7.26. The number of para-hydroxylation sites is 2. The van der Waals surface area contributed by atoms with Crippen molar-refractivity contribution in [3.8, 4) is 0 Å². The van der Waals surface area contributed by atoms with Crippen LogP contribution in [0.1, 0.15) is 47.5 Å². The Morgan fingerprint density at radius 1 is 1.13 bits per heavy atom. The Bertz CT molecular complexity index is 1110. The molecule has 0 radical (unpaired) electrons. The molecule has 160 valence electrons. The number of rotatable bonds is 4. The number of hydrazine groups is 1. The Balaban J connectivity index is 1.76. The van der Waals surface area contributed by atoms with Gasteiger partial charge in [-0.1, -0.05) is 12.1 Å². The van der Waals surface area contributed by atoms with Crippen molar-refractivity contribution in [2.45, 2.75) is 46.5 Å². The fourth-order valence-electron chi connectivity index (χ4n) is 3.63. The van der Waals surface area contributed by atoms with Crippen molar-refractivity contribution >= 4 is 22.8 Å². The molecule has 10 heteroatoms. The minimum absolute atomic E-state index is 0.128. The van der Waals surface area contributed by atoms with Gasteiger partial charge in [-0.05, 0) is 45.9 Å². The molecule has 7 nitrogen and oxygen atoms in total. The maximum absolute atomic E-state index is 13.3. The second kappa shape index (κ2) is 7.85. The topological polar surface area (TPSA) is 81.0 Å². The van der Waals surface area contributed by atoms with Gasteiger partial charge in [0.15, 0.2) is 0 Å². The monoisotopic (exact) mass is 421 g/mol. The van der Waals surface area contributed by atoms with Crippen LogP contribution < -0.4 is 10.9 Å². The molecule has 0 unspecified atom stereocenters. The van der Waals surface area contributed by atoms with E-state index in [1.807, 2.05) is 25.3 Å². The summed E-state index contributed by atoms with van der Waals surface area (Å²) in [6.45, 7) is 6.97. The van der Waals surface area contributed by atoms with Gasteiger partial charge < -0.3 is 9.13 Å². The van der Waals surface area contributed by atoms with E-state index in [-0.39, 0.29) is 17.1 Å². The van der Waals surface area contributed by atoms with Gasteiger partial charge >= 0.3 is 6.18 Å². The van der Waals surface area contributed by atoms with E-state index >= 15 is 0 Å². The smallest absolute Gasteiger partial charge is 0.346 e. The number of amides is 2. The number of hydrogen-bond donors (Lipinski definition) is 2. The highest BCUT2D eigenvalue weighted by molar-refractivity contribution is 5.96. The van der Waals surface area contributed by atoms with E-state index in [2.05, 4.69) is 15.8 Å². The van der Waals surface area contributed by atoms with Crippen molar-refractivity contribution in [3.63, 3.8) is 0 Å². The average molecular weight is 421 g/mol. The zero-order valence-corrected chi connectivity index (χ0v) is 17.0. The summed E-state index contributed by atoms with van der Waals surface area (Å²) < 4.78 is 42.8. The van der Waals surface area contributed by atoms with Crippen molar-refractivity contribution in [1.82, 2.24) is 25.0 Å². The van der Waals surface area contributed by atoms with Gasteiger partial charge in [0.1, 0.15) is 6.54 Å². The highest BCUT2D eigenvalue weighted by Crippen LogP contribution is 2.31. The van der Waals surface area contributed by atoms with Gasteiger partial charge in [0.05, 0.1) is 16.6 Å². The number of carbonyl (C=O) groups is 2. The van der Waals surface area contributed by atoms with Crippen LogP contribution >= 0.6 is 0 Å². The number of aromatic nitrogens is 3. The third-order valence-electron chi connectivity index (χ3n) is 4.77. The van der Waals surface area contributed by atoms with E-state index in [0.717, 1.165) is 16.0 Å². The summed E-state index contributed by atoms with van der Waals surface area (Å²) in [5.74, 6) is -2.53. The van der Waals surface area contributed by atoms with Crippen LogP contribution in [0.25, 0.3) is 11.0 Å². The van der Waals surface area contributed by atoms with E-state index in [4.69, 9.17) is 0 Å². The van der Waals surface area contributed by atoms with Gasteiger partial charge in [0, 0.05) is 17.4 Å². The SMILES string of the molecule is Cc1cc(C(=O)NNC(=O)Cn2c(C(F)(F)F)nc3ccccc32)c(C)n1C(C)C. The minimum Gasteiger partial charge on any atom is -0.346 e. The fraction of sp³-hybridized carbons (Fsp3) is 0.350. The predicted octanol–water partition coefficient (Wildman–Crippen LogP) is 3.52. The number of nitrogens with zero attached hydrogens (tertiary/aromatic N) is 3. The molecule has 0 fully saturated rings. The predicted molar refractivity (Wildman–Crippen MR) is 105 cm³/mol. The lowest BCUT2D eigenvalue weighted by Crippen LogP contribution is -2.43. The van der Waals surface area contributed by atoms with Crippen LogP contribution in [0.15, 0.2) is 30.3 Å². The summed E-state index contributed by atoms with van der Waals surface area (Å²) in [4.78, 5) is 28.3. The number of alkyl halides is 3. The molecule has 0 bridgehead atoms. The number of fused-ring (bicyclic) bond motifs is 1. The molecule has 0 atom stereocenters. The van der Waals surface area contributed by atoms with Gasteiger partial charge in [-0.3, -0.25) is 20.4 Å². The van der Waals surface area contributed by atoms with Crippen LogP contribution in [0, 0.1) is 13.8 Å². The third kappa shape index (κ3) is 4.03. The zero-order valence-electron chi connectivity index (χ0n) is 17.0. The lowest BCUT2D eigenvalue weighted by molar-refractivity contribution is -0.147. The quantitative estimate of drug-likeness (QED) is 0.633. The van der Waals surface area contributed by atoms with E-state index in [1.54, 1.807) is 25.1 Å². The molecule has 30 heavy (non-hydrogen) atoms. The Morgan fingerprint density at radius 3 is 2.40 bits per heavy atom. The van der Waals surface area contributed by atoms with E-state index in [0.29, 0.717) is 5.56 Å². The number of carbonyl (C=O) groups excluding carboxylic acids is 2. The number of aryl methyl sites for hydroxylation is 1. The Labute approximate surface area is 170 Å². The Hall–Kier alpha value is -3.30. The van der Waals surface area contributed by atoms with E-state index in [9.17, 15) is 22.8 Å². The summed E-state index contributed by atoms with van der Waals surface area (Å²) in [6.07, 6.45) is -4.73. The van der Waals surface area contributed by atoms with Crippen molar-refractivity contribution in [3.05, 3.63) is 53.1 Å². The minimum atomic E-state index is -4.73. The van der Waals surface area contributed by atoms with Crippen molar-refractivity contribution < 1.29 is 22.8 Å². The standard InChI is InChI=1S/C20H22F3N5O2/c1-11(2)28-12(3)9-14(13(28)4)18(30)26-25-17(29)10-27-16-8-6-5-7-15(16)24-19(27)20(21,22)23/h5-9,11H,10H2,1-4H3,(H,25,29)(H,26,30). The first-order valence-electron chi connectivity index (χ1n) is 9.30. The maximum atomic E-state index is 13.3. The Morgan fingerprint density at radius 2 is 1.80 bits per heavy atom. The number of benzene rings is 1. The molecule has 3 aromatic rings. The highest BCUT2D eigenvalue weighted by Gasteiger charge is 2.38. The molecule has 0 spiro atoms. The van der Waals surface area contributed by atoms with Crippen molar-refractivity contribution in [2.75, 3.05) is 0 Å². The number of hydrogen-bond acceptors (Lipinski definition) is 3. The lowest BCUT2D eigenvalue weighted by atomic mass is 10.2. The van der Waals surface area contributed by atoms with E-state index < -0.39 is 30.4 Å². The molecule has 2 amide bonds. The molecule has 0 aliphatic rings. The van der Waals surface area contributed by atoms with E-state index in [1.165, 1.54) is 12.1 Å². The molecule has 0 aliphatic carbocycles. The first-order chi connectivity index (χ1) is 14.0.